The summed E-state index contributed by atoms with van der Waals surface area (Å²) in [5, 5.41) is 3.79. The molecule has 1 N–H and O–H groups in total. The summed E-state index contributed by atoms with van der Waals surface area (Å²) < 4.78 is 0. The van der Waals surface area contributed by atoms with Gasteiger partial charge in [0.2, 0.25) is 0 Å². The number of nitrogens with one attached hydrogen (secondary N) is 1. The maximum Gasteiger partial charge on any atom is 0.00787 e. The monoisotopic (exact) mass is 285 g/mol. The Balaban J connectivity index is 1.32. The third kappa shape index (κ3) is 4.10. The van der Waals surface area contributed by atoms with Gasteiger partial charge in [-0.05, 0) is 56.0 Å². The molecule has 2 fully saturated rings. The molecule has 0 radical (unpaired) electrons. The fraction of sp³-hybridized carbons (Fsp3) is 0.700. The van der Waals surface area contributed by atoms with Gasteiger partial charge in [0.25, 0.3) is 0 Å². The van der Waals surface area contributed by atoms with Crippen LogP contribution in [0.3, 0.4) is 0 Å². The molecule has 0 heterocycles. The highest BCUT2D eigenvalue weighted by atomic mass is 14.9. The molecule has 0 saturated heterocycles. The van der Waals surface area contributed by atoms with Gasteiger partial charge in [0.15, 0.2) is 0 Å². The Morgan fingerprint density at radius 1 is 1.10 bits per heavy atom. The van der Waals surface area contributed by atoms with Crippen LogP contribution in [0, 0.1) is 18.8 Å². The Bertz CT molecular complexity index is 439. The molecule has 2 aliphatic rings. The van der Waals surface area contributed by atoms with Gasteiger partial charge in [-0.1, -0.05) is 62.4 Å². The van der Waals surface area contributed by atoms with Crippen molar-refractivity contribution in [2.75, 3.05) is 6.54 Å². The molecule has 0 spiro atoms. The van der Waals surface area contributed by atoms with Crippen molar-refractivity contribution in [3.8, 4) is 0 Å². The number of hydrogen-bond donors (Lipinski definition) is 1. The van der Waals surface area contributed by atoms with Crippen molar-refractivity contribution in [2.45, 2.75) is 70.8 Å². The van der Waals surface area contributed by atoms with Crippen molar-refractivity contribution in [3.05, 3.63) is 35.4 Å². The Morgan fingerprint density at radius 3 is 2.57 bits per heavy atom. The average Bonchev–Trinajstić information content (AvgIpc) is 2.43. The molecule has 1 heteroatoms. The standard InChI is InChI=1S/C20H31N/c1-15-6-8-17(9-7-15)10-11-21-20-13-19(14-20)18-5-3-4-16(2)12-18/h3-5,12,15,17,19-21H,6-11,13-14H2,1-2H3. The van der Waals surface area contributed by atoms with Crippen molar-refractivity contribution in [3.63, 3.8) is 0 Å². The number of benzene rings is 1. The quantitative estimate of drug-likeness (QED) is 0.798. The first kappa shape index (κ1) is 15.1. The molecule has 116 valence electrons. The van der Waals surface area contributed by atoms with Crippen LogP contribution in [-0.2, 0) is 0 Å². The summed E-state index contributed by atoms with van der Waals surface area (Å²) in [7, 11) is 0. The van der Waals surface area contributed by atoms with Gasteiger partial charge in [-0.2, -0.15) is 0 Å². The molecular formula is C20H31N. The highest BCUT2D eigenvalue weighted by Gasteiger charge is 2.29. The van der Waals surface area contributed by atoms with E-state index >= 15 is 0 Å². The molecule has 0 aliphatic heterocycles. The molecule has 3 rings (SSSR count). The summed E-state index contributed by atoms with van der Waals surface area (Å²) >= 11 is 0. The van der Waals surface area contributed by atoms with E-state index in [0.717, 1.165) is 23.8 Å². The van der Waals surface area contributed by atoms with Gasteiger partial charge in [-0.25, -0.2) is 0 Å². The second kappa shape index (κ2) is 6.96. The van der Waals surface area contributed by atoms with E-state index in [2.05, 4.69) is 43.4 Å². The molecule has 0 aromatic heterocycles. The van der Waals surface area contributed by atoms with Gasteiger partial charge >= 0.3 is 0 Å². The van der Waals surface area contributed by atoms with Crippen LogP contribution in [0.5, 0.6) is 0 Å². The predicted octanol–water partition coefficient (Wildman–Crippen LogP) is 5.05. The zero-order chi connectivity index (χ0) is 14.7. The van der Waals surface area contributed by atoms with Crippen LogP contribution in [0.2, 0.25) is 0 Å². The normalized spacial score (nSPS) is 32.7. The van der Waals surface area contributed by atoms with Crippen LogP contribution in [-0.4, -0.2) is 12.6 Å². The van der Waals surface area contributed by atoms with E-state index in [-0.39, 0.29) is 0 Å². The molecule has 0 bridgehead atoms. The van der Waals surface area contributed by atoms with E-state index in [1.165, 1.54) is 57.1 Å². The van der Waals surface area contributed by atoms with Crippen LogP contribution in [0.15, 0.2) is 24.3 Å². The van der Waals surface area contributed by atoms with E-state index < -0.39 is 0 Å². The first-order chi connectivity index (χ1) is 10.2. The van der Waals surface area contributed by atoms with E-state index in [1.807, 2.05) is 0 Å². The molecule has 1 aromatic rings. The molecule has 0 unspecified atom stereocenters. The summed E-state index contributed by atoms with van der Waals surface area (Å²) in [5.74, 6) is 2.79. The van der Waals surface area contributed by atoms with Gasteiger partial charge in [0, 0.05) is 6.04 Å². The minimum Gasteiger partial charge on any atom is -0.314 e. The van der Waals surface area contributed by atoms with Crippen LogP contribution in [0.1, 0.15) is 68.9 Å². The second-order valence-corrected chi connectivity index (χ2v) is 7.65. The van der Waals surface area contributed by atoms with E-state index in [9.17, 15) is 0 Å². The molecule has 21 heavy (non-hydrogen) atoms. The second-order valence-electron chi connectivity index (χ2n) is 7.65. The first-order valence-corrected chi connectivity index (χ1v) is 9.00. The lowest BCUT2D eigenvalue weighted by Crippen LogP contribution is -2.41. The number of rotatable bonds is 5. The van der Waals surface area contributed by atoms with Crippen molar-refractivity contribution in [2.24, 2.45) is 11.8 Å². The number of hydrogen-bond acceptors (Lipinski definition) is 1. The molecule has 0 atom stereocenters. The van der Waals surface area contributed by atoms with Crippen molar-refractivity contribution >= 4 is 0 Å². The van der Waals surface area contributed by atoms with Gasteiger partial charge in [-0.15, -0.1) is 0 Å². The molecule has 1 nitrogen and oxygen atoms in total. The van der Waals surface area contributed by atoms with E-state index in [1.54, 1.807) is 5.56 Å². The minimum atomic E-state index is 0.776. The van der Waals surface area contributed by atoms with Crippen LogP contribution in [0.25, 0.3) is 0 Å². The third-order valence-electron chi connectivity index (χ3n) is 5.77. The largest absolute Gasteiger partial charge is 0.314 e. The summed E-state index contributed by atoms with van der Waals surface area (Å²) in [4.78, 5) is 0. The lowest BCUT2D eigenvalue weighted by atomic mass is 9.75. The highest BCUT2D eigenvalue weighted by molar-refractivity contribution is 5.27. The average molecular weight is 285 g/mol. The molecular weight excluding hydrogens is 254 g/mol. The summed E-state index contributed by atoms with van der Waals surface area (Å²) in [6, 6.07) is 9.84. The topological polar surface area (TPSA) is 12.0 Å². The van der Waals surface area contributed by atoms with Crippen molar-refractivity contribution in [1.82, 2.24) is 5.32 Å². The van der Waals surface area contributed by atoms with E-state index in [0.29, 0.717) is 0 Å². The summed E-state index contributed by atoms with van der Waals surface area (Å²) in [5.41, 5.74) is 2.95. The van der Waals surface area contributed by atoms with Crippen molar-refractivity contribution in [1.29, 1.82) is 0 Å². The fourth-order valence-electron chi connectivity index (χ4n) is 4.09. The van der Waals surface area contributed by atoms with E-state index in [4.69, 9.17) is 0 Å². The molecule has 2 aliphatic carbocycles. The van der Waals surface area contributed by atoms with Crippen LogP contribution in [0.4, 0.5) is 0 Å². The Kier molecular flexibility index (Phi) is 5.00. The zero-order valence-electron chi connectivity index (χ0n) is 13.8. The van der Waals surface area contributed by atoms with Crippen LogP contribution < -0.4 is 5.32 Å². The maximum atomic E-state index is 3.79. The highest BCUT2D eigenvalue weighted by Crippen LogP contribution is 2.37. The van der Waals surface area contributed by atoms with Gasteiger partial charge in [0.05, 0.1) is 0 Å². The summed E-state index contributed by atoms with van der Waals surface area (Å²) in [6.45, 7) is 5.85. The van der Waals surface area contributed by atoms with Gasteiger partial charge in [-0.3, -0.25) is 0 Å². The minimum absolute atomic E-state index is 0.776. The lowest BCUT2D eigenvalue weighted by Gasteiger charge is -2.37. The predicted molar refractivity (Wildman–Crippen MR) is 90.7 cm³/mol. The molecule has 0 amide bonds. The van der Waals surface area contributed by atoms with Crippen LogP contribution >= 0.6 is 0 Å². The SMILES string of the molecule is Cc1cccc(C2CC(NCCC3CCC(C)CC3)C2)c1. The number of aryl methyl sites for hydroxylation is 1. The Hall–Kier alpha value is -0.820. The molecule has 1 aromatic carbocycles. The Morgan fingerprint density at radius 2 is 1.86 bits per heavy atom. The summed E-state index contributed by atoms with van der Waals surface area (Å²) in [6.07, 6.45) is 9.94. The zero-order valence-corrected chi connectivity index (χ0v) is 13.8. The maximum absolute atomic E-state index is 3.79. The lowest BCUT2D eigenvalue weighted by molar-refractivity contribution is 0.251. The van der Waals surface area contributed by atoms with Gasteiger partial charge in [0.1, 0.15) is 0 Å². The first-order valence-electron chi connectivity index (χ1n) is 9.00. The molecule has 2 saturated carbocycles. The Labute approximate surface area is 130 Å². The van der Waals surface area contributed by atoms with Crippen molar-refractivity contribution < 1.29 is 0 Å². The smallest absolute Gasteiger partial charge is 0.00787 e. The van der Waals surface area contributed by atoms with Gasteiger partial charge < -0.3 is 5.32 Å². The fourth-order valence-corrected chi connectivity index (χ4v) is 4.09. The third-order valence-corrected chi connectivity index (χ3v) is 5.77.